The largest absolute Gasteiger partial charge is 0.325 e. The van der Waals surface area contributed by atoms with E-state index < -0.39 is 0 Å². The quantitative estimate of drug-likeness (QED) is 0.804. The molecule has 1 heterocycles. The molecule has 0 radical (unpaired) electrons. The predicted octanol–water partition coefficient (Wildman–Crippen LogP) is 4.46. The fraction of sp³-hybridized carbons (Fsp3) is 0.611. The molecule has 3 rings (SSSR count). The maximum absolute atomic E-state index is 12.9. The Bertz CT molecular complexity index is 522. The van der Waals surface area contributed by atoms with Crippen molar-refractivity contribution in [3.63, 3.8) is 0 Å². The lowest BCUT2D eigenvalue weighted by molar-refractivity contribution is -0.136. The minimum absolute atomic E-state index is 0.236. The monoisotopic (exact) mass is 303 g/mol. The summed E-state index contributed by atoms with van der Waals surface area (Å²) in [4.78, 5) is 15.0. The summed E-state index contributed by atoms with van der Waals surface area (Å²) in [6, 6.07) is 6.62. The molecule has 2 nitrogen and oxygen atoms in total. The Hall–Kier alpha value is -0.960. The number of rotatable bonds is 2. The third kappa shape index (κ3) is 3.13. The number of carbonyl (C=O) groups is 1. The molecule has 0 bridgehead atoms. The molecule has 1 atom stereocenters. The van der Waals surface area contributed by atoms with Gasteiger partial charge in [0.1, 0.15) is 5.37 Å². The summed E-state index contributed by atoms with van der Waals surface area (Å²) in [5, 5.41) is 0.236. The zero-order chi connectivity index (χ0) is 14.8. The van der Waals surface area contributed by atoms with Crippen molar-refractivity contribution in [2.24, 2.45) is 5.92 Å². The van der Waals surface area contributed by atoms with Gasteiger partial charge in [0.2, 0.25) is 5.91 Å². The number of carbonyl (C=O) groups excluding carboxylic acids is 1. The summed E-state index contributed by atoms with van der Waals surface area (Å²) in [5.41, 5.74) is 3.94. The Morgan fingerprint density at radius 3 is 2.67 bits per heavy atom. The molecule has 1 unspecified atom stereocenters. The van der Waals surface area contributed by atoms with E-state index in [1.165, 1.54) is 36.0 Å². The van der Waals surface area contributed by atoms with E-state index >= 15 is 0 Å². The van der Waals surface area contributed by atoms with Crippen LogP contribution in [-0.2, 0) is 4.79 Å². The van der Waals surface area contributed by atoms with Gasteiger partial charge >= 0.3 is 0 Å². The molecule has 1 aliphatic carbocycles. The van der Waals surface area contributed by atoms with Gasteiger partial charge in [-0.2, -0.15) is 0 Å². The predicted molar refractivity (Wildman–Crippen MR) is 89.4 cm³/mol. The van der Waals surface area contributed by atoms with Crippen LogP contribution in [0, 0.1) is 19.8 Å². The van der Waals surface area contributed by atoms with Crippen molar-refractivity contribution >= 4 is 17.7 Å². The Morgan fingerprint density at radius 2 is 1.95 bits per heavy atom. The van der Waals surface area contributed by atoms with Crippen molar-refractivity contribution in [1.29, 1.82) is 0 Å². The van der Waals surface area contributed by atoms with Crippen LogP contribution in [0.4, 0.5) is 0 Å². The Morgan fingerprint density at radius 1 is 1.19 bits per heavy atom. The van der Waals surface area contributed by atoms with Crippen molar-refractivity contribution in [2.45, 2.75) is 51.3 Å². The molecule has 2 fully saturated rings. The van der Waals surface area contributed by atoms with E-state index in [1.807, 2.05) is 11.8 Å². The van der Waals surface area contributed by atoms with Crippen molar-refractivity contribution in [3.05, 3.63) is 34.9 Å². The highest BCUT2D eigenvalue weighted by Gasteiger charge is 2.35. The summed E-state index contributed by atoms with van der Waals surface area (Å²) in [7, 11) is 0. The third-order valence-corrected chi connectivity index (χ3v) is 6.06. The van der Waals surface area contributed by atoms with Crippen LogP contribution in [0.2, 0.25) is 0 Å². The lowest BCUT2D eigenvalue weighted by atomic mass is 9.88. The van der Waals surface area contributed by atoms with Gasteiger partial charge in [-0.15, -0.1) is 11.8 Å². The lowest BCUT2D eigenvalue weighted by Gasteiger charge is -2.30. The molecule has 3 heteroatoms. The average molecular weight is 303 g/mol. The number of hydrogen-bond donors (Lipinski definition) is 0. The zero-order valence-electron chi connectivity index (χ0n) is 13.1. The Kier molecular flexibility index (Phi) is 4.58. The second kappa shape index (κ2) is 6.43. The van der Waals surface area contributed by atoms with Crippen molar-refractivity contribution in [3.8, 4) is 0 Å². The van der Waals surface area contributed by atoms with Crippen LogP contribution in [0.15, 0.2) is 18.2 Å². The first-order chi connectivity index (χ1) is 10.2. The highest BCUT2D eigenvalue weighted by atomic mass is 32.2. The number of nitrogens with zero attached hydrogens (tertiary/aromatic N) is 1. The van der Waals surface area contributed by atoms with E-state index in [4.69, 9.17) is 0 Å². The van der Waals surface area contributed by atoms with Gasteiger partial charge in [0.15, 0.2) is 0 Å². The van der Waals surface area contributed by atoms with E-state index in [9.17, 15) is 4.79 Å². The molecule has 0 spiro atoms. The number of thioether (sulfide) groups is 1. The van der Waals surface area contributed by atoms with Crippen LogP contribution in [-0.4, -0.2) is 23.1 Å². The maximum atomic E-state index is 12.9. The van der Waals surface area contributed by atoms with E-state index in [2.05, 4.69) is 36.9 Å². The van der Waals surface area contributed by atoms with Crippen LogP contribution in [0.3, 0.4) is 0 Å². The topological polar surface area (TPSA) is 20.3 Å². The third-order valence-electron chi connectivity index (χ3n) is 4.82. The van der Waals surface area contributed by atoms with Gasteiger partial charge < -0.3 is 4.90 Å². The fourth-order valence-corrected chi connectivity index (χ4v) is 5.00. The molecule has 0 aromatic heterocycles. The number of hydrogen-bond acceptors (Lipinski definition) is 2. The summed E-state index contributed by atoms with van der Waals surface area (Å²) in [5.74, 6) is 1.76. The standard InChI is InChI=1S/C18H25NOS/c1-13-8-9-16(14(2)12-13)18-19(10-11-21-18)17(20)15-6-4-3-5-7-15/h8-9,12,15,18H,3-7,10-11H2,1-2H3. The Balaban J connectivity index is 1.80. The van der Waals surface area contributed by atoms with Gasteiger partial charge in [0.25, 0.3) is 0 Å². The highest BCUT2D eigenvalue weighted by Crippen LogP contribution is 2.41. The minimum Gasteiger partial charge on any atom is -0.325 e. The molecular formula is C18H25NOS. The van der Waals surface area contributed by atoms with Crippen LogP contribution >= 0.6 is 11.8 Å². The normalized spacial score (nSPS) is 23.5. The summed E-state index contributed by atoms with van der Waals surface area (Å²) < 4.78 is 0. The molecule has 1 aliphatic heterocycles. The van der Waals surface area contributed by atoms with Gasteiger partial charge in [-0.05, 0) is 37.8 Å². The SMILES string of the molecule is Cc1ccc(C2SCCN2C(=O)C2CCCCC2)c(C)c1. The van der Waals surface area contributed by atoms with Gasteiger partial charge in [-0.1, -0.05) is 43.0 Å². The maximum Gasteiger partial charge on any atom is 0.226 e. The molecule has 1 aromatic rings. The van der Waals surface area contributed by atoms with E-state index in [1.54, 1.807) is 0 Å². The zero-order valence-corrected chi connectivity index (χ0v) is 13.9. The Labute approximate surface area is 132 Å². The summed E-state index contributed by atoms with van der Waals surface area (Å²) >= 11 is 1.92. The molecule has 0 N–H and O–H groups in total. The molecule has 1 aromatic carbocycles. The first-order valence-electron chi connectivity index (χ1n) is 8.16. The van der Waals surface area contributed by atoms with E-state index in [0.29, 0.717) is 5.91 Å². The first-order valence-corrected chi connectivity index (χ1v) is 9.21. The number of amides is 1. The van der Waals surface area contributed by atoms with Crippen molar-refractivity contribution < 1.29 is 4.79 Å². The lowest BCUT2D eigenvalue weighted by Crippen LogP contribution is -2.36. The van der Waals surface area contributed by atoms with Gasteiger partial charge in [0.05, 0.1) is 0 Å². The second-order valence-corrected chi connectivity index (χ2v) is 7.64. The van der Waals surface area contributed by atoms with E-state index in [0.717, 1.165) is 25.1 Å². The van der Waals surface area contributed by atoms with Gasteiger partial charge in [-0.25, -0.2) is 0 Å². The van der Waals surface area contributed by atoms with Crippen molar-refractivity contribution in [1.82, 2.24) is 4.90 Å². The van der Waals surface area contributed by atoms with Crippen LogP contribution in [0.1, 0.15) is 54.2 Å². The highest BCUT2D eigenvalue weighted by molar-refractivity contribution is 7.99. The summed E-state index contributed by atoms with van der Waals surface area (Å²) in [6.45, 7) is 5.21. The van der Waals surface area contributed by atoms with Crippen LogP contribution in [0.25, 0.3) is 0 Å². The number of aryl methyl sites for hydroxylation is 2. The molecule has 114 valence electrons. The van der Waals surface area contributed by atoms with Crippen LogP contribution < -0.4 is 0 Å². The molecule has 2 aliphatic rings. The molecule has 1 saturated heterocycles. The van der Waals surface area contributed by atoms with E-state index in [-0.39, 0.29) is 11.3 Å². The van der Waals surface area contributed by atoms with Gasteiger partial charge in [-0.3, -0.25) is 4.79 Å². The smallest absolute Gasteiger partial charge is 0.226 e. The first kappa shape index (κ1) is 15.0. The molecular weight excluding hydrogens is 278 g/mol. The minimum atomic E-state index is 0.236. The molecule has 21 heavy (non-hydrogen) atoms. The summed E-state index contributed by atoms with van der Waals surface area (Å²) in [6.07, 6.45) is 5.95. The second-order valence-electron chi connectivity index (χ2n) is 6.45. The van der Waals surface area contributed by atoms with Gasteiger partial charge in [0, 0.05) is 18.2 Å². The number of benzene rings is 1. The van der Waals surface area contributed by atoms with Crippen LogP contribution in [0.5, 0.6) is 0 Å². The molecule has 1 saturated carbocycles. The average Bonchev–Trinajstić information content (AvgIpc) is 2.96. The molecule has 1 amide bonds. The fourth-order valence-electron chi connectivity index (χ4n) is 3.64. The van der Waals surface area contributed by atoms with Crippen molar-refractivity contribution in [2.75, 3.05) is 12.3 Å².